The molecule has 5 heteroatoms. The third kappa shape index (κ3) is 2.23. The van der Waals surface area contributed by atoms with E-state index >= 15 is 0 Å². The normalized spacial score (nSPS) is 26.7. The average molecular weight is 305 g/mol. The molecule has 2 saturated heterocycles. The minimum absolute atomic E-state index is 0.574. The van der Waals surface area contributed by atoms with Crippen molar-refractivity contribution in [2.75, 3.05) is 0 Å². The van der Waals surface area contributed by atoms with Gasteiger partial charge in [-0.1, -0.05) is 0 Å². The summed E-state index contributed by atoms with van der Waals surface area (Å²) in [5.41, 5.74) is 4.28. The van der Waals surface area contributed by atoms with Crippen LogP contribution < -0.4 is 5.32 Å². The number of piperidine rings is 1. The first kappa shape index (κ1) is 13.2. The monoisotopic (exact) mass is 305 g/mol. The van der Waals surface area contributed by atoms with Gasteiger partial charge in [-0.15, -0.1) is 0 Å². The van der Waals surface area contributed by atoms with Gasteiger partial charge in [0.25, 0.3) is 0 Å². The Hall–Kier alpha value is -2.27. The molecule has 2 bridgehead atoms. The van der Waals surface area contributed by atoms with E-state index in [0.717, 1.165) is 16.9 Å². The van der Waals surface area contributed by atoms with Gasteiger partial charge in [-0.25, -0.2) is 9.50 Å². The van der Waals surface area contributed by atoms with Crippen molar-refractivity contribution in [2.24, 2.45) is 0 Å². The maximum atomic E-state index is 4.83. The van der Waals surface area contributed by atoms with Gasteiger partial charge in [-0.3, -0.25) is 4.98 Å². The van der Waals surface area contributed by atoms with Gasteiger partial charge >= 0.3 is 0 Å². The molecule has 116 valence electrons. The summed E-state index contributed by atoms with van der Waals surface area (Å²) in [6.45, 7) is 0. The number of pyridine rings is 1. The molecule has 2 fully saturated rings. The van der Waals surface area contributed by atoms with Gasteiger partial charge in [-0.05, 0) is 43.9 Å². The third-order valence-corrected chi connectivity index (χ3v) is 5.25. The van der Waals surface area contributed by atoms with Crippen LogP contribution in [-0.2, 0) is 0 Å². The van der Waals surface area contributed by atoms with Crippen molar-refractivity contribution in [2.45, 2.75) is 43.7 Å². The Bertz CT molecular complexity index is 829. The molecule has 0 amide bonds. The number of nitrogens with one attached hydrogen (secondary N) is 1. The first-order valence-electron chi connectivity index (χ1n) is 8.38. The van der Waals surface area contributed by atoms with Crippen LogP contribution in [0.25, 0.3) is 16.9 Å². The predicted octanol–water partition coefficient (Wildman–Crippen LogP) is 2.79. The number of aromatic nitrogens is 4. The van der Waals surface area contributed by atoms with Crippen molar-refractivity contribution in [3.05, 3.63) is 48.5 Å². The summed E-state index contributed by atoms with van der Waals surface area (Å²) in [4.78, 5) is 8.59. The molecule has 2 unspecified atom stereocenters. The van der Waals surface area contributed by atoms with Crippen molar-refractivity contribution in [1.29, 1.82) is 0 Å². The highest BCUT2D eigenvalue weighted by Crippen LogP contribution is 2.37. The maximum Gasteiger partial charge on any atom is 0.155 e. The highest BCUT2D eigenvalue weighted by Gasteiger charge is 2.35. The highest BCUT2D eigenvalue weighted by molar-refractivity contribution is 5.63. The summed E-state index contributed by atoms with van der Waals surface area (Å²) < 4.78 is 2.05. The summed E-state index contributed by atoms with van der Waals surface area (Å²) >= 11 is 0. The van der Waals surface area contributed by atoms with Crippen LogP contribution in [0.3, 0.4) is 0 Å². The molecular weight excluding hydrogens is 286 g/mol. The van der Waals surface area contributed by atoms with E-state index in [4.69, 9.17) is 5.10 Å². The number of hydrogen-bond acceptors (Lipinski definition) is 4. The number of nitrogens with zero attached hydrogens (tertiary/aromatic N) is 4. The lowest BCUT2D eigenvalue weighted by atomic mass is 9.89. The summed E-state index contributed by atoms with van der Waals surface area (Å²) in [5, 5.41) is 8.55. The summed E-state index contributed by atoms with van der Waals surface area (Å²) in [7, 11) is 0. The third-order valence-electron chi connectivity index (χ3n) is 5.25. The fraction of sp³-hybridized carbons (Fsp3) is 0.389. The number of hydrogen-bond donors (Lipinski definition) is 1. The lowest BCUT2D eigenvalue weighted by molar-refractivity contribution is 0.355. The zero-order valence-electron chi connectivity index (χ0n) is 12.9. The van der Waals surface area contributed by atoms with E-state index in [1.54, 1.807) is 12.4 Å². The molecule has 23 heavy (non-hydrogen) atoms. The quantitative estimate of drug-likeness (QED) is 0.791. The van der Waals surface area contributed by atoms with Crippen LogP contribution in [0.2, 0.25) is 0 Å². The van der Waals surface area contributed by atoms with E-state index in [1.807, 2.05) is 22.8 Å². The van der Waals surface area contributed by atoms with Crippen molar-refractivity contribution < 1.29 is 0 Å². The lowest BCUT2D eigenvalue weighted by Crippen LogP contribution is -2.37. The molecule has 0 aliphatic carbocycles. The van der Waals surface area contributed by atoms with Gasteiger partial charge < -0.3 is 5.32 Å². The molecule has 5 heterocycles. The zero-order chi connectivity index (χ0) is 15.2. The topological polar surface area (TPSA) is 55.1 Å². The molecule has 2 aliphatic heterocycles. The Morgan fingerprint density at radius 2 is 1.78 bits per heavy atom. The minimum atomic E-state index is 0.574. The van der Waals surface area contributed by atoms with Crippen molar-refractivity contribution >= 4 is 5.65 Å². The fourth-order valence-electron chi connectivity index (χ4n) is 4.19. The van der Waals surface area contributed by atoms with Gasteiger partial charge in [0, 0.05) is 53.9 Å². The van der Waals surface area contributed by atoms with Crippen LogP contribution >= 0.6 is 0 Å². The Balaban J connectivity index is 1.58. The van der Waals surface area contributed by atoms with E-state index in [1.165, 1.54) is 31.4 Å². The predicted molar refractivity (Wildman–Crippen MR) is 88.1 cm³/mol. The van der Waals surface area contributed by atoms with Gasteiger partial charge in [0.2, 0.25) is 0 Å². The molecule has 0 spiro atoms. The van der Waals surface area contributed by atoms with E-state index in [9.17, 15) is 0 Å². The standard InChI is InChI=1S/C18H19N5/c1-2-15-10-13(9-14(1)21-15)17-5-8-20-18-11-16(22-23(17)18)12-3-6-19-7-4-12/h3-8,11,13-15,21H,1-2,9-10H2. The molecule has 1 N–H and O–H groups in total. The smallest absolute Gasteiger partial charge is 0.155 e. The minimum Gasteiger partial charge on any atom is -0.311 e. The highest BCUT2D eigenvalue weighted by atomic mass is 15.3. The molecule has 3 aromatic rings. The van der Waals surface area contributed by atoms with Gasteiger partial charge in [-0.2, -0.15) is 5.10 Å². The molecule has 0 aromatic carbocycles. The Kier molecular flexibility index (Phi) is 2.94. The van der Waals surface area contributed by atoms with Crippen LogP contribution in [0.15, 0.2) is 42.9 Å². The van der Waals surface area contributed by atoms with Gasteiger partial charge in [0.05, 0.1) is 5.69 Å². The van der Waals surface area contributed by atoms with Crippen LogP contribution in [0.4, 0.5) is 0 Å². The average Bonchev–Trinajstić information content (AvgIpc) is 3.18. The number of fused-ring (bicyclic) bond motifs is 3. The Labute approximate surface area is 134 Å². The van der Waals surface area contributed by atoms with E-state index in [0.29, 0.717) is 18.0 Å². The summed E-state index contributed by atoms with van der Waals surface area (Å²) in [6, 6.07) is 9.55. The first-order valence-corrected chi connectivity index (χ1v) is 8.38. The van der Waals surface area contributed by atoms with Gasteiger partial charge in [0.15, 0.2) is 5.65 Å². The van der Waals surface area contributed by atoms with E-state index < -0.39 is 0 Å². The molecule has 5 nitrogen and oxygen atoms in total. The second-order valence-electron chi connectivity index (χ2n) is 6.71. The second-order valence-corrected chi connectivity index (χ2v) is 6.71. The maximum absolute atomic E-state index is 4.83. The molecule has 2 aliphatic rings. The molecular formula is C18H19N5. The Morgan fingerprint density at radius 1 is 1.00 bits per heavy atom. The number of rotatable bonds is 2. The van der Waals surface area contributed by atoms with Crippen LogP contribution in [0.1, 0.15) is 37.3 Å². The molecule has 5 rings (SSSR count). The lowest BCUT2D eigenvalue weighted by Gasteiger charge is -2.29. The molecule has 0 saturated carbocycles. The van der Waals surface area contributed by atoms with Crippen LogP contribution in [-0.4, -0.2) is 31.7 Å². The van der Waals surface area contributed by atoms with Crippen molar-refractivity contribution in [1.82, 2.24) is 24.9 Å². The van der Waals surface area contributed by atoms with Gasteiger partial charge in [0.1, 0.15) is 0 Å². The van der Waals surface area contributed by atoms with Crippen LogP contribution in [0.5, 0.6) is 0 Å². The second kappa shape index (κ2) is 5.13. The van der Waals surface area contributed by atoms with Crippen molar-refractivity contribution in [3.8, 4) is 11.3 Å². The Morgan fingerprint density at radius 3 is 2.57 bits per heavy atom. The molecule has 2 atom stereocenters. The van der Waals surface area contributed by atoms with E-state index in [2.05, 4.69) is 27.4 Å². The molecule has 3 aromatic heterocycles. The fourth-order valence-corrected chi connectivity index (χ4v) is 4.19. The summed E-state index contributed by atoms with van der Waals surface area (Å²) in [6.07, 6.45) is 10.6. The van der Waals surface area contributed by atoms with E-state index in [-0.39, 0.29) is 0 Å². The first-order chi connectivity index (χ1) is 11.4. The van der Waals surface area contributed by atoms with Crippen molar-refractivity contribution in [3.63, 3.8) is 0 Å². The zero-order valence-corrected chi connectivity index (χ0v) is 12.9. The molecule has 0 radical (unpaired) electrons. The van der Waals surface area contributed by atoms with Crippen LogP contribution in [0, 0.1) is 0 Å². The summed E-state index contributed by atoms with van der Waals surface area (Å²) in [5.74, 6) is 0.574. The largest absolute Gasteiger partial charge is 0.311 e. The SMILES string of the molecule is c1cc(-c2cc3nccc(C4CC5CCC(C4)N5)n3n2)ccn1.